The summed E-state index contributed by atoms with van der Waals surface area (Å²) >= 11 is 0. The van der Waals surface area contributed by atoms with Gasteiger partial charge in [-0.1, -0.05) is 211 Å². The van der Waals surface area contributed by atoms with Gasteiger partial charge in [-0.25, -0.2) is 0 Å². The van der Waals surface area contributed by atoms with Crippen LogP contribution in [-0.2, 0) is 33.3 Å². The Hall–Kier alpha value is -2.61. The van der Waals surface area contributed by atoms with Crippen LogP contribution in [0.15, 0.2) is 36.5 Å². The number of hydrogen-bond donors (Lipinski definition) is 5. The summed E-state index contributed by atoms with van der Waals surface area (Å²) in [5, 5.41) is 57.4. The van der Waals surface area contributed by atoms with Crippen LogP contribution in [0.1, 0.15) is 290 Å². The predicted molar refractivity (Wildman–Crippen MR) is 289 cm³/mol. The standard InChI is InChI=1S/C60H108O12/c1-4-7-10-13-16-19-22-25-28-31-34-37-40-43-46-49-54(62)70-58(66)57(65)53(52-61)69-60(68,72-56(64)51-48-45-42-39-36-33-30-27-24-21-18-15-12-9-6-3)59(58,67)71-55(63)50-47-44-41-38-35-32-29-26-23-20-17-14-11-8-5-2/h25-30,53,57,61,65-68H,4-24,31-52H2,1-3H3/b28-25-,29-26-,30-27-/t53-,57+,58+,59-,60?/m1/s1. The maximum Gasteiger partial charge on any atom is 0.404 e. The van der Waals surface area contributed by atoms with Gasteiger partial charge in [0, 0.05) is 19.3 Å². The first-order valence-corrected chi connectivity index (χ1v) is 29.7. The molecule has 1 aliphatic heterocycles. The summed E-state index contributed by atoms with van der Waals surface area (Å²) in [7, 11) is 0. The summed E-state index contributed by atoms with van der Waals surface area (Å²) in [6.45, 7) is 5.61. The van der Waals surface area contributed by atoms with Crippen molar-refractivity contribution >= 4 is 17.9 Å². The molecule has 12 nitrogen and oxygen atoms in total. The molecule has 1 aliphatic rings. The first-order chi connectivity index (χ1) is 34.9. The highest BCUT2D eigenvalue weighted by Crippen LogP contribution is 2.46. The van der Waals surface area contributed by atoms with Crippen LogP contribution in [0, 0.1) is 0 Å². The molecule has 5 atom stereocenters. The van der Waals surface area contributed by atoms with Gasteiger partial charge >= 0.3 is 35.5 Å². The second kappa shape index (κ2) is 44.7. The number of ether oxygens (including phenoxy) is 4. The van der Waals surface area contributed by atoms with E-state index < -0.39 is 54.3 Å². The van der Waals surface area contributed by atoms with E-state index in [0.29, 0.717) is 38.5 Å². The minimum atomic E-state index is -3.85. The Morgan fingerprint density at radius 2 is 0.667 bits per heavy atom. The summed E-state index contributed by atoms with van der Waals surface area (Å²) in [6.07, 6.45) is 49.0. The first kappa shape index (κ1) is 67.4. The zero-order valence-corrected chi connectivity index (χ0v) is 46.1. The van der Waals surface area contributed by atoms with Crippen molar-refractivity contribution in [3.05, 3.63) is 36.5 Å². The van der Waals surface area contributed by atoms with Crippen molar-refractivity contribution in [2.45, 2.75) is 320 Å². The van der Waals surface area contributed by atoms with Gasteiger partial charge in [-0.3, -0.25) is 14.4 Å². The number of allylic oxidation sites excluding steroid dienone is 6. The Morgan fingerprint density at radius 3 is 0.972 bits per heavy atom. The smallest absolute Gasteiger partial charge is 0.404 e. The molecule has 0 amide bonds. The first-order valence-electron chi connectivity index (χ1n) is 29.7. The fraction of sp³-hybridized carbons (Fsp3) is 0.850. The van der Waals surface area contributed by atoms with Crippen LogP contribution in [0.3, 0.4) is 0 Å². The number of rotatable bonds is 49. The lowest BCUT2D eigenvalue weighted by Crippen LogP contribution is -2.82. The minimum Gasteiger partial charge on any atom is -0.422 e. The highest BCUT2D eigenvalue weighted by Gasteiger charge is 2.80. The fourth-order valence-corrected chi connectivity index (χ4v) is 9.19. The fourth-order valence-electron chi connectivity index (χ4n) is 9.19. The maximum absolute atomic E-state index is 13.4. The molecular formula is C60H108O12. The summed E-state index contributed by atoms with van der Waals surface area (Å²) in [5.74, 6) is -14.4. The lowest BCUT2D eigenvalue weighted by molar-refractivity contribution is -0.557. The van der Waals surface area contributed by atoms with Gasteiger partial charge in [0.25, 0.3) is 0 Å². The number of unbranched alkanes of at least 4 members (excludes halogenated alkanes) is 33. The van der Waals surface area contributed by atoms with Gasteiger partial charge in [0.05, 0.1) is 6.61 Å². The van der Waals surface area contributed by atoms with Crippen molar-refractivity contribution in [1.82, 2.24) is 0 Å². The summed E-state index contributed by atoms with van der Waals surface area (Å²) in [5.41, 5.74) is 0. The lowest BCUT2D eigenvalue weighted by atomic mass is 9.89. The van der Waals surface area contributed by atoms with E-state index in [9.17, 15) is 39.9 Å². The topological polar surface area (TPSA) is 189 Å². The molecule has 0 saturated carbocycles. The third-order valence-corrected chi connectivity index (χ3v) is 13.9. The summed E-state index contributed by atoms with van der Waals surface area (Å²) in [4.78, 5) is 40.0. The quantitative estimate of drug-likeness (QED) is 0.0128. The van der Waals surface area contributed by atoms with Gasteiger partial charge in [0.15, 0.2) is 6.10 Å². The molecule has 1 unspecified atom stereocenters. The Kier molecular flexibility index (Phi) is 41.8. The maximum atomic E-state index is 13.4. The molecule has 0 aromatic rings. The molecule has 1 heterocycles. The van der Waals surface area contributed by atoms with E-state index >= 15 is 0 Å². The number of aliphatic hydroxyl groups excluding tert-OH is 2. The van der Waals surface area contributed by atoms with Crippen molar-refractivity contribution in [3.63, 3.8) is 0 Å². The Bertz CT molecular complexity index is 1420. The number of carbonyl (C=O) groups is 3. The molecule has 1 saturated heterocycles. The van der Waals surface area contributed by atoms with Crippen molar-refractivity contribution < 1.29 is 58.9 Å². The van der Waals surface area contributed by atoms with Gasteiger partial charge in [-0.05, 0) is 96.3 Å². The molecule has 1 rings (SSSR count). The van der Waals surface area contributed by atoms with E-state index in [1.54, 1.807) is 0 Å². The third-order valence-electron chi connectivity index (χ3n) is 13.9. The third kappa shape index (κ3) is 30.7. The van der Waals surface area contributed by atoms with Crippen LogP contribution >= 0.6 is 0 Å². The Balaban J connectivity index is 2.84. The van der Waals surface area contributed by atoms with Crippen molar-refractivity contribution in [3.8, 4) is 0 Å². The van der Waals surface area contributed by atoms with E-state index in [1.807, 2.05) is 0 Å². The molecule has 0 aromatic carbocycles. The monoisotopic (exact) mass is 1020 g/mol. The second-order valence-corrected chi connectivity index (χ2v) is 20.6. The van der Waals surface area contributed by atoms with Gasteiger partial charge < -0.3 is 44.5 Å². The van der Waals surface area contributed by atoms with Crippen molar-refractivity contribution in [2.24, 2.45) is 0 Å². The number of aliphatic hydroxyl groups is 5. The lowest BCUT2D eigenvalue weighted by Gasteiger charge is -2.54. The zero-order chi connectivity index (χ0) is 52.9. The molecule has 0 radical (unpaired) electrons. The second-order valence-electron chi connectivity index (χ2n) is 20.6. The molecular weight excluding hydrogens is 913 g/mol. The molecule has 1 fully saturated rings. The molecule has 0 bridgehead atoms. The summed E-state index contributed by atoms with van der Waals surface area (Å²) < 4.78 is 21.3. The average Bonchev–Trinajstić information content (AvgIpc) is 3.36. The average molecular weight is 1020 g/mol. The zero-order valence-electron chi connectivity index (χ0n) is 46.1. The minimum absolute atomic E-state index is 0.233. The van der Waals surface area contributed by atoms with Crippen LogP contribution in [0.4, 0.5) is 0 Å². The largest absolute Gasteiger partial charge is 0.422 e. The molecule has 5 N–H and O–H groups in total. The van der Waals surface area contributed by atoms with Crippen LogP contribution in [0.25, 0.3) is 0 Å². The molecule has 0 aromatic heterocycles. The van der Waals surface area contributed by atoms with E-state index in [1.165, 1.54) is 116 Å². The van der Waals surface area contributed by atoms with Gasteiger partial charge in [-0.15, -0.1) is 0 Å². The normalized spacial score (nSPS) is 21.3. The molecule has 0 aliphatic carbocycles. The number of carbonyl (C=O) groups excluding carboxylic acids is 3. The van der Waals surface area contributed by atoms with Gasteiger partial charge in [0.2, 0.25) is 0 Å². The molecule has 12 heteroatoms. The van der Waals surface area contributed by atoms with Crippen LogP contribution in [0.5, 0.6) is 0 Å². The highest BCUT2D eigenvalue weighted by molar-refractivity contribution is 5.72. The SMILES string of the molecule is CCCCCCCC/C=C\CCCCCCCC(=O)OC1(O)O[C@H](CO)[C@H](O)[C@](O)(OC(=O)CCCCCCC/C=C\CCCCCCCC)[C@@]1(O)OC(=O)CCCCCCC/C=C\CCCCCCCC. The molecule has 72 heavy (non-hydrogen) atoms. The molecule has 420 valence electrons. The van der Waals surface area contributed by atoms with Crippen molar-refractivity contribution in [2.75, 3.05) is 6.61 Å². The Morgan fingerprint density at radius 1 is 0.403 bits per heavy atom. The number of hydrogen-bond acceptors (Lipinski definition) is 12. The van der Waals surface area contributed by atoms with E-state index in [0.717, 1.165) is 96.3 Å². The molecule has 0 spiro atoms. The van der Waals surface area contributed by atoms with Gasteiger partial charge in [-0.2, -0.15) is 0 Å². The Labute approximate surface area is 438 Å². The van der Waals surface area contributed by atoms with E-state index in [4.69, 9.17) is 18.9 Å². The van der Waals surface area contributed by atoms with E-state index in [-0.39, 0.29) is 19.3 Å². The van der Waals surface area contributed by atoms with Gasteiger partial charge in [0.1, 0.15) is 6.10 Å². The predicted octanol–water partition coefficient (Wildman–Crippen LogP) is 14.5. The van der Waals surface area contributed by atoms with Crippen LogP contribution in [0.2, 0.25) is 0 Å². The summed E-state index contributed by atoms with van der Waals surface area (Å²) in [6, 6.07) is 0. The van der Waals surface area contributed by atoms with Crippen LogP contribution < -0.4 is 0 Å². The highest BCUT2D eigenvalue weighted by atomic mass is 16.9. The van der Waals surface area contributed by atoms with Crippen molar-refractivity contribution in [1.29, 1.82) is 0 Å². The van der Waals surface area contributed by atoms with E-state index in [2.05, 4.69) is 57.2 Å². The van der Waals surface area contributed by atoms with Crippen LogP contribution in [-0.4, -0.2) is 79.8 Å². The number of esters is 3.